The zero-order valence-corrected chi connectivity index (χ0v) is 15.2. The molecule has 0 bridgehead atoms. The van der Waals surface area contributed by atoms with E-state index in [4.69, 9.17) is 5.26 Å². The van der Waals surface area contributed by atoms with Crippen molar-refractivity contribution in [3.05, 3.63) is 45.5 Å². The van der Waals surface area contributed by atoms with Crippen molar-refractivity contribution in [2.24, 2.45) is 0 Å². The summed E-state index contributed by atoms with van der Waals surface area (Å²) in [5.74, 6) is 2.31. The van der Waals surface area contributed by atoms with Crippen LogP contribution in [0.1, 0.15) is 55.2 Å². The summed E-state index contributed by atoms with van der Waals surface area (Å²) in [6.07, 6.45) is 6.46. The number of nitro benzene ring substituents is 1. The Morgan fingerprint density at radius 1 is 1.19 bits per heavy atom. The lowest BCUT2D eigenvalue weighted by Gasteiger charge is -2.33. The summed E-state index contributed by atoms with van der Waals surface area (Å²) in [5.41, 5.74) is 0.885. The quantitative estimate of drug-likeness (QED) is 0.611. The van der Waals surface area contributed by atoms with Gasteiger partial charge in [-0.15, -0.1) is 10.2 Å². The van der Waals surface area contributed by atoms with Crippen LogP contribution in [0.25, 0.3) is 0 Å². The van der Waals surface area contributed by atoms with Gasteiger partial charge in [0.2, 0.25) is 0 Å². The molecule has 1 aromatic carbocycles. The van der Waals surface area contributed by atoms with Gasteiger partial charge in [0.05, 0.1) is 16.6 Å². The molecule has 27 heavy (non-hydrogen) atoms. The predicted octanol–water partition coefficient (Wildman–Crippen LogP) is 3.17. The van der Waals surface area contributed by atoms with E-state index < -0.39 is 4.92 Å². The highest BCUT2D eigenvalue weighted by Gasteiger charge is 2.30. The van der Waals surface area contributed by atoms with E-state index in [-0.39, 0.29) is 11.6 Å². The van der Waals surface area contributed by atoms with E-state index in [2.05, 4.69) is 19.7 Å². The van der Waals surface area contributed by atoms with Crippen LogP contribution in [-0.2, 0) is 13.0 Å². The van der Waals surface area contributed by atoms with Crippen molar-refractivity contribution in [1.29, 1.82) is 5.26 Å². The molecule has 3 heterocycles. The molecule has 1 saturated heterocycles. The zero-order valence-electron chi connectivity index (χ0n) is 15.2. The summed E-state index contributed by atoms with van der Waals surface area (Å²) in [5, 5.41) is 29.5. The number of aromatic nitrogens is 3. The predicted molar refractivity (Wildman–Crippen MR) is 99.6 cm³/mol. The van der Waals surface area contributed by atoms with Crippen LogP contribution in [0.5, 0.6) is 0 Å². The van der Waals surface area contributed by atoms with E-state index >= 15 is 0 Å². The SMILES string of the molecule is N#Cc1ccc(N2CCC[C@H](c3nnc4n3CCCCC4)C2)c([N+](=O)[O-])c1. The number of hydrogen-bond acceptors (Lipinski definition) is 6. The van der Waals surface area contributed by atoms with Crippen LogP contribution in [0.15, 0.2) is 18.2 Å². The fourth-order valence-electron chi connectivity index (χ4n) is 4.22. The number of anilines is 1. The van der Waals surface area contributed by atoms with Gasteiger partial charge in [-0.05, 0) is 37.8 Å². The van der Waals surface area contributed by atoms with Gasteiger partial charge in [0, 0.05) is 38.0 Å². The van der Waals surface area contributed by atoms with Gasteiger partial charge in [-0.1, -0.05) is 6.42 Å². The van der Waals surface area contributed by atoms with Crippen molar-refractivity contribution in [2.75, 3.05) is 18.0 Å². The van der Waals surface area contributed by atoms with Crippen LogP contribution in [0.4, 0.5) is 11.4 Å². The Hall–Kier alpha value is -2.95. The Kier molecular flexibility index (Phi) is 4.75. The Morgan fingerprint density at radius 3 is 2.89 bits per heavy atom. The molecular weight excluding hydrogens is 344 g/mol. The van der Waals surface area contributed by atoms with Crippen LogP contribution in [0.2, 0.25) is 0 Å². The number of fused-ring (bicyclic) bond motifs is 1. The minimum Gasteiger partial charge on any atom is -0.365 e. The summed E-state index contributed by atoms with van der Waals surface area (Å²) >= 11 is 0. The van der Waals surface area contributed by atoms with E-state index in [1.54, 1.807) is 12.1 Å². The standard InChI is InChI=1S/C19H22N6O2/c20-12-14-7-8-16(17(11-14)25(26)27)23-9-4-5-15(13-23)19-22-21-18-6-2-1-3-10-24(18)19/h7-8,11,15H,1-6,9-10,13H2/t15-/m0/s1. The van der Waals surface area contributed by atoms with Gasteiger partial charge in [0.25, 0.3) is 5.69 Å². The summed E-state index contributed by atoms with van der Waals surface area (Å²) < 4.78 is 2.27. The molecule has 2 aliphatic heterocycles. The molecule has 0 radical (unpaired) electrons. The van der Waals surface area contributed by atoms with Crippen molar-refractivity contribution in [3.63, 3.8) is 0 Å². The second-order valence-electron chi connectivity index (χ2n) is 7.29. The van der Waals surface area contributed by atoms with Gasteiger partial charge in [-0.3, -0.25) is 10.1 Å². The van der Waals surface area contributed by atoms with Gasteiger partial charge >= 0.3 is 0 Å². The molecule has 8 heteroatoms. The molecule has 140 valence electrons. The summed E-state index contributed by atoms with van der Waals surface area (Å²) in [7, 11) is 0. The molecule has 0 N–H and O–H groups in total. The Morgan fingerprint density at radius 2 is 2.07 bits per heavy atom. The number of nitrogens with zero attached hydrogens (tertiary/aromatic N) is 6. The Balaban J connectivity index is 1.62. The average Bonchev–Trinajstić information content (AvgIpc) is 2.96. The number of nitro groups is 1. The summed E-state index contributed by atoms with van der Waals surface area (Å²) in [6.45, 7) is 2.42. The first-order valence-corrected chi connectivity index (χ1v) is 9.53. The number of piperidine rings is 1. The van der Waals surface area contributed by atoms with E-state index in [9.17, 15) is 10.1 Å². The van der Waals surface area contributed by atoms with E-state index in [1.807, 2.05) is 6.07 Å². The number of nitriles is 1. The van der Waals surface area contributed by atoms with Crippen LogP contribution in [-0.4, -0.2) is 32.8 Å². The minimum absolute atomic E-state index is 0.00484. The van der Waals surface area contributed by atoms with Crippen LogP contribution in [0, 0.1) is 21.4 Å². The number of aryl methyl sites for hydroxylation is 1. The van der Waals surface area contributed by atoms with Crippen molar-refractivity contribution in [2.45, 2.75) is 51.0 Å². The van der Waals surface area contributed by atoms with Crippen molar-refractivity contribution in [3.8, 4) is 6.07 Å². The zero-order chi connectivity index (χ0) is 18.8. The maximum atomic E-state index is 11.5. The van der Waals surface area contributed by atoms with Crippen molar-refractivity contribution >= 4 is 11.4 Å². The fraction of sp³-hybridized carbons (Fsp3) is 0.526. The average molecular weight is 366 g/mol. The molecule has 1 fully saturated rings. The number of rotatable bonds is 3. The largest absolute Gasteiger partial charge is 0.365 e. The topological polar surface area (TPSA) is 101 Å². The van der Waals surface area contributed by atoms with Gasteiger partial charge in [-0.2, -0.15) is 5.26 Å². The molecule has 1 atom stereocenters. The first-order chi connectivity index (χ1) is 13.2. The number of benzene rings is 1. The van der Waals surface area contributed by atoms with Crippen LogP contribution < -0.4 is 4.90 Å². The third-order valence-electron chi connectivity index (χ3n) is 5.57. The first-order valence-electron chi connectivity index (χ1n) is 9.53. The Labute approximate surface area is 157 Å². The molecule has 4 rings (SSSR count). The van der Waals surface area contributed by atoms with Crippen molar-refractivity contribution < 1.29 is 4.92 Å². The van der Waals surface area contributed by atoms with Crippen molar-refractivity contribution in [1.82, 2.24) is 14.8 Å². The highest BCUT2D eigenvalue weighted by Crippen LogP contribution is 2.35. The molecule has 0 aliphatic carbocycles. The molecule has 0 unspecified atom stereocenters. The molecule has 0 saturated carbocycles. The van der Waals surface area contributed by atoms with Crippen LogP contribution >= 0.6 is 0 Å². The lowest BCUT2D eigenvalue weighted by molar-refractivity contribution is -0.384. The van der Waals surface area contributed by atoms with Crippen LogP contribution in [0.3, 0.4) is 0 Å². The second kappa shape index (κ2) is 7.35. The third kappa shape index (κ3) is 3.37. The van der Waals surface area contributed by atoms with E-state index in [0.717, 1.165) is 56.8 Å². The molecule has 0 amide bonds. The van der Waals surface area contributed by atoms with Gasteiger partial charge in [-0.25, -0.2) is 0 Å². The molecule has 8 nitrogen and oxygen atoms in total. The normalized spacial score (nSPS) is 19.8. The molecule has 2 aromatic rings. The molecule has 2 aliphatic rings. The van der Waals surface area contributed by atoms with E-state index in [0.29, 0.717) is 17.8 Å². The number of hydrogen-bond donors (Lipinski definition) is 0. The van der Waals surface area contributed by atoms with E-state index in [1.165, 1.54) is 12.5 Å². The lowest BCUT2D eigenvalue weighted by Crippen LogP contribution is -2.35. The first kappa shape index (κ1) is 17.5. The highest BCUT2D eigenvalue weighted by atomic mass is 16.6. The molecule has 0 spiro atoms. The van der Waals surface area contributed by atoms with Gasteiger partial charge < -0.3 is 9.47 Å². The summed E-state index contributed by atoms with van der Waals surface area (Å²) in [6, 6.07) is 6.69. The smallest absolute Gasteiger partial charge is 0.293 e. The van der Waals surface area contributed by atoms with Gasteiger partial charge in [0.1, 0.15) is 17.3 Å². The monoisotopic (exact) mass is 366 g/mol. The molecule has 1 aromatic heterocycles. The van der Waals surface area contributed by atoms with Gasteiger partial charge in [0.15, 0.2) is 0 Å². The second-order valence-corrected chi connectivity index (χ2v) is 7.29. The molecular formula is C19H22N6O2. The minimum atomic E-state index is -0.400. The Bertz CT molecular complexity index is 900. The highest BCUT2D eigenvalue weighted by molar-refractivity contribution is 5.66. The third-order valence-corrected chi connectivity index (χ3v) is 5.57. The maximum absolute atomic E-state index is 11.5. The fourth-order valence-corrected chi connectivity index (χ4v) is 4.22. The maximum Gasteiger partial charge on any atom is 0.293 e. The lowest BCUT2D eigenvalue weighted by atomic mass is 9.96. The summed E-state index contributed by atoms with van der Waals surface area (Å²) in [4.78, 5) is 13.2.